The van der Waals surface area contributed by atoms with Gasteiger partial charge in [-0.25, -0.2) is 0 Å². The van der Waals surface area contributed by atoms with E-state index in [2.05, 4.69) is 0 Å². The number of rotatable bonds is 3. The van der Waals surface area contributed by atoms with Crippen molar-refractivity contribution in [1.29, 1.82) is 0 Å². The number of ketones is 1. The number of fused-ring (bicyclic) bond motifs is 4. The fourth-order valence-electron chi connectivity index (χ4n) is 4.98. The molecule has 2 fully saturated rings. The van der Waals surface area contributed by atoms with Gasteiger partial charge in [-0.3, -0.25) is 19.3 Å². The van der Waals surface area contributed by atoms with E-state index in [1.807, 2.05) is 30.3 Å². The third-order valence-electron chi connectivity index (χ3n) is 6.46. The van der Waals surface area contributed by atoms with Gasteiger partial charge in [0.05, 0.1) is 17.3 Å². The van der Waals surface area contributed by atoms with E-state index in [-0.39, 0.29) is 36.2 Å². The molecular weight excluding hydrogens is 434 g/mol. The number of benzene rings is 2. The summed E-state index contributed by atoms with van der Waals surface area (Å²) in [5.41, 5.74) is 1.44. The van der Waals surface area contributed by atoms with Gasteiger partial charge in [0.1, 0.15) is 5.78 Å². The largest absolute Gasteiger partial charge is 0.455 e. The molecular formula is C24H22ClNO4S. The minimum atomic E-state index is -0.372. The lowest BCUT2D eigenvalue weighted by Gasteiger charge is -2.36. The summed E-state index contributed by atoms with van der Waals surface area (Å²) in [6.07, 6.45) is 3.86. The molecule has 1 amide bonds. The van der Waals surface area contributed by atoms with Crippen LogP contribution in [-0.2, 0) is 19.1 Å². The van der Waals surface area contributed by atoms with Crippen LogP contribution in [0, 0.1) is 17.8 Å². The zero-order valence-corrected chi connectivity index (χ0v) is 18.5. The third kappa shape index (κ3) is 3.87. The zero-order chi connectivity index (χ0) is 21.5. The fraction of sp³-hybridized carbons (Fsp3) is 0.375. The Kier molecular flexibility index (Phi) is 5.52. The molecule has 2 bridgehead atoms. The molecule has 1 heterocycles. The highest BCUT2D eigenvalue weighted by Crippen LogP contribution is 2.49. The normalized spacial score (nSPS) is 24.2. The lowest BCUT2D eigenvalue weighted by molar-refractivity contribution is -0.156. The van der Waals surface area contributed by atoms with Crippen molar-refractivity contribution in [2.24, 2.45) is 17.8 Å². The van der Waals surface area contributed by atoms with Crippen LogP contribution in [0.5, 0.6) is 0 Å². The Morgan fingerprint density at radius 3 is 2.52 bits per heavy atom. The highest BCUT2D eigenvalue weighted by molar-refractivity contribution is 7.99. The Balaban J connectivity index is 1.32. The van der Waals surface area contributed by atoms with Crippen LogP contribution in [0.2, 0.25) is 5.02 Å². The highest BCUT2D eigenvalue weighted by atomic mass is 35.5. The molecule has 31 heavy (non-hydrogen) atoms. The monoisotopic (exact) mass is 455 g/mol. The molecule has 0 aromatic heterocycles. The maximum atomic E-state index is 13.2. The van der Waals surface area contributed by atoms with Gasteiger partial charge in [-0.2, -0.15) is 0 Å². The molecule has 0 radical (unpaired) electrons. The highest BCUT2D eigenvalue weighted by Gasteiger charge is 2.42. The lowest BCUT2D eigenvalue weighted by atomic mass is 9.67. The quantitative estimate of drug-likeness (QED) is 0.579. The number of ether oxygens (including phenoxy) is 1. The number of esters is 1. The molecule has 2 atom stereocenters. The van der Waals surface area contributed by atoms with E-state index in [0.717, 1.165) is 34.7 Å². The van der Waals surface area contributed by atoms with Gasteiger partial charge in [-0.1, -0.05) is 41.9 Å². The van der Waals surface area contributed by atoms with Gasteiger partial charge in [0.25, 0.3) is 5.91 Å². The van der Waals surface area contributed by atoms with Crippen LogP contribution in [0.25, 0.3) is 0 Å². The summed E-state index contributed by atoms with van der Waals surface area (Å²) < 4.78 is 5.48. The molecule has 7 heteroatoms. The summed E-state index contributed by atoms with van der Waals surface area (Å²) in [6, 6.07) is 13.1. The molecule has 3 aliphatic rings. The van der Waals surface area contributed by atoms with Crippen LogP contribution in [0.1, 0.15) is 32.1 Å². The standard InChI is InChI=1S/C24H22ClNO4S/c25-17-8-9-21-19(12-17)26(18-6-1-2-7-20(18)31-21)22(27)13-30-24(29)16-10-14-4-3-5-15(11-16)23(14)28/h1-2,6-9,12,14-16H,3-5,10-11,13H2. The number of hydrogen-bond donors (Lipinski definition) is 0. The van der Waals surface area contributed by atoms with Crippen molar-refractivity contribution in [2.45, 2.75) is 41.9 Å². The molecule has 5 nitrogen and oxygen atoms in total. The Morgan fingerprint density at radius 1 is 1.03 bits per heavy atom. The predicted octanol–water partition coefficient (Wildman–Crippen LogP) is 5.41. The number of anilines is 2. The number of amides is 1. The van der Waals surface area contributed by atoms with Crippen molar-refractivity contribution in [3.8, 4) is 0 Å². The number of Topliss-reactive ketones (excluding diaryl/α,β-unsaturated/α-hetero) is 1. The first-order chi connectivity index (χ1) is 15.0. The molecule has 0 N–H and O–H groups in total. The first kappa shape index (κ1) is 20.6. The number of halogens is 1. The number of para-hydroxylation sites is 1. The summed E-state index contributed by atoms with van der Waals surface area (Å²) in [7, 11) is 0. The van der Waals surface area contributed by atoms with Crippen molar-refractivity contribution in [1.82, 2.24) is 0 Å². The summed E-state index contributed by atoms with van der Waals surface area (Å²) in [5, 5.41) is 0.534. The molecule has 2 saturated carbocycles. The molecule has 2 aliphatic carbocycles. The Morgan fingerprint density at radius 2 is 1.74 bits per heavy atom. The SMILES string of the molecule is O=C(OCC(=O)N1c2ccccc2Sc2ccc(Cl)cc21)C1CC2CCCC(C1)C2=O. The Bertz CT molecular complexity index is 1060. The fourth-order valence-corrected chi connectivity index (χ4v) is 6.19. The molecule has 2 aromatic carbocycles. The van der Waals surface area contributed by atoms with Gasteiger partial charge in [-0.05, 0) is 56.0 Å². The molecule has 1 aliphatic heterocycles. The van der Waals surface area contributed by atoms with Gasteiger partial charge in [-0.15, -0.1) is 0 Å². The number of carbonyl (C=O) groups excluding carboxylic acids is 3. The zero-order valence-electron chi connectivity index (χ0n) is 16.9. The van der Waals surface area contributed by atoms with Crippen LogP contribution in [0.4, 0.5) is 11.4 Å². The Hall–Kier alpha value is -2.31. The van der Waals surface area contributed by atoms with E-state index in [1.165, 1.54) is 0 Å². The van der Waals surface area contributed by atoms with E-state index in [4.69, 9.17) is 16.3 Å². The smallest absolute Gasteiger partial charge is 0.309 e. The average molecular weight is 456 g/mol. The topological polar surface area (TPSA) is 63.7 Å². The van der Waals surface area contributed by atoms with E-state index in [1.54, 1.807) is 28.8 Å². The van der Waals surface area contributed by atoms with Crippen molar-refractivity contribution in [3.63, 3.8) is 0 Å². The maximum absolute atomic E-state index is 13.2. The van der Waals surface area contributed by atoms with Crippen LogP contribution < -0.4 is 4.90 Å². The number of nitrogens with zero attached hydrogens (tertiary/aromatic N) is 1. The summed E-state index contributed by atoms with van der Waals surface area (Å²) in [6.45, 7) is -0.344. The van der Waals surface area contributed by atoms with Crippen LogP contribution in [-0.4, -0.2) is 24.3 Å². The van der Waals surface area contributed by atoms with Crippen molar-refractivity contribution < 1.29 is 19.1 Å². The van der Waals surface area contributed by atoms with Crippen LogP contribution in [0.15, 0.2) is 52.3 Å². The van der Waals surface area contributed by atoms with Gasteiger partial charge < -0.3 is 4.74 Å². The first-order valence-electron chi connectivity index (χ1n) is 10.6. The van der Waals surface area contributed by atoms with Gasteiger partial charge >= 0.3 is 5.97 Å². The minimum absolute atomic E-state index is 0.0271. The summed E-state index contributed by atoms with van der Waals surface area (Å²) in [4.78, 5) is 41.7. The van der Waals surface area contributed by atoms with Crippen molar-refractivity contribution in [3.05, 3.63) is 47.5 Å². The second kappa shape index (κ2) is 8.32. The van der Waals surface area contributed by atoms with E-state index in [9.17, 15) is 14.4 Å². The van der Waals surface area contributed by atoms with E-state index < -0.39 is 0 Å². The Labute approximate surface area is 190 Å². The maximum Gasteiger partial charge on any atom is 0.309 e. The molecule has 5 rings (SSSR count). The lowest BCUT2D eigenvalue weighted by Crippen LogP contribution is -2.40. The average Bonchev–Trinajstić information content (AvgIpc) is 2.75. The van der Waals surface area contributed by atoms with Gasteiger partial charge in [0.2, 0.25) is 0 Å². The second-order valence-corrected chi connectivity index (χ2v) is 9.93. The van der Waals surface area contributed by atoms with Crippen LogP contribution in [0.3, 0.4) is 0 Å². The van der Waals surface area contributed by atoms with Crippen molar-refractivity contribution >= 4 is 52.4 Å². The second-order valence-electron chi connectivity index (χ2n) is 8.41. The third-order valence-corrected chi connectivity index (χ3v) is 7.82. The van der Waals surface area contributed by atoms with E-state index >= 15 is 0 Å². The molecule has 2 aromatic rings. The predicted molar refractivity (Wildman–Crippen MR) is 119 cm³/mol. The molecule has 0 saturated heterocycles. The molecule has 160 valence electrons. The molecule has 0 spiro atoms. The summed E-state index contributed by atoms with van der Waals surface area (Å²) >= 11 is 7.78. The van der Waals surface area contributed by atoms with Gasteiger partial charge in [0.15, 0.2) is 6.61 Å². The summed E-state index contributed by atoms with van der Waals surface area (Å²) in [5.74, 6) is -0.740. The first-order valence-corrected chi connectivity index (χ1v) is 11.8. The van der Waals surface area contributed by atoms with Crippen molar-refractivity contribution in [2.75, 3.05) is 11.5 Å². The molecule has 2 unspecified atom stereocenters. The minimum Gasteiger partial charge on any atom is -0.455 e. The number of hydrogen-bond acceptors (Lipinski definition) is 5. The number of carbonyl (C=O) groups is 3. The van der Waals surface area contributed by atoms with Crippen LogP contribution >= 0.6 is 23.4 Å². The van der Waals surface area contributed by atoms with Gasteiger partial charge in [0, 0.05) is 26.6 Å². The van der Waals surface area contributed by atoms with E-state index in [0.29, 0.717) is 29.3 Å².